The Labute approximate surface area is 320 Å². The van der Waals surface area contributed by atoms with Crippen LogP contribution < -0.4 is 15.2 Å². The topological polar surface area (TPSA) is 171 Å². The number of carbonyl (C=O) groups excluding carboxylic acids is 4. The third-order valence-electron chi connectivity index (χ3n) is 10.5. The molecule has 0 aliphatic carbocycles. The fourth-order valence-corrected chi connectivity index (χ4v) is 6.69. The van der Waals surface area contributed by atoms with Crippen LogP contribution in [-0.2, 0) is 49.2 Å². The second kappa shape index (κ2) is 22.2. The lowest BCUT2D eigenvalue weighted by atomic mass is 9.78. The number of amides is 2. The second-order valence-corrected chi connectivity index (χ2v) is 15.6. The molecule has 306 valence electrons. The fourth-order valence-electron chi connectivity index (χ4n) is 6.69. The molecule has 0 bridgehead atoms. The van der Waals surface area contributed by atoms with Crippen molar-refractivity contribution in [2.75, 3.05) is 67.4 Å². The molecule has 3 rings (SSSR count). The second-order valence-electron chi connectivity index (χ2n) is 15.6. The van der Waals surface area contributed by atoms with Crippen LogP contribution in [0, 0.1) is 35.0 Å². The van der Waals surface area contributed by atoms with E-state index < -0.39 is 41.4 Å². The summed E-state index contributed by atoms with van der Waals surface area (Å²) >= 11 is 0. The van der Waals surface area contributed by atoms with Gasteiger partial charge in [0.2, 0.25) is 5.91 Å². The summed E-state index contributed by atoms with van der Waals surface area (Å²) in [4.78, 5) is 53.2. The molecule has 2 aliphatic rings. The number of esters is 1. The highest BCUT2D eigenvalue weighted by Crippen LogP contribution is 2.36. The van der Waals surface area contributed by atoms with E-state index in [1.165, 1.54) is 0 Å². The molecule has 2 aliphatic heterocycles. The molecule has 4 atom stereocenters. The summed E-state index contributed by atoms with van der Waals surface area (Å²) in [6, 6.07) is 5.54. The number of hydrogen-bond donors (Lipinski definition) is 1. The highest BCUT2D eigenvalue weighted by molar-refractivity contribution is 5.84. The van der Waals surface area contributed by atoms with Crippen LogP contribution in [0.15, 0.2) is 18.2 Å². The summed E-state index contributed by atoms with van der Waals surface area (Å²) in [5, 5.41) is 0. The van der Waals surface area contributed by atoms with Crippen molar-refractivity contribution < 1.29 is 57.1 Å². The van der Waals surface area contributed by atoms with Gasteiger partial charge in [-0.15, -0.1) is 0 Å². The quantitative estimate of drug-likeness (QED) is 0.115. The van der Waals surface area contributed by atoms with Gasteiger partial charge >= 0.3 is 12.1 Å². The molecule has 1 aromatic rings. The van der Waals surface area contributed by atoms with Crippen molar-refractivity contribution in [1.29, 1.82) is 0 Å². The Morgan fingerprint density at radius 2 is 1.63 bits per heavy atom. The van der Waals surface area contributed by atoms with Crippen LogP contribution in [0.1, 0.15) is 79.2 Å². The number of methoxy groups -OCH3 is 2. The molecule has 2 fully saturated rings. The van der Waals surface area contributed by atoms with E-state index in [1.807, 2.05) is 32.0 Å². The summed E-state index contributed by atoms with van der Waals surface area (Å²) in [7, 11) is 3.27. The van der Waals surface area contributed by atoms with Crippen molar-refractivity contribution in [2.45, 2.75) is 92.2 Å². The molecule has 2 heterocycles. The number of Topliss-reactive ketones (excluding diaryl/α,β-unsaturated/α-hetero) is 1. The molecule has 54 heavy (non-hydrogen) atoms. The Kier molecular flexibility index (Phi) is 18.5. The van der Waals surface area contributed by atoms with E-state index in [2.05, 4.69) is 13.8 Å². The van der Waals surface area contributed by atoms with E-state index in [0.29, 0.717) is 50.4 Å². The van der Waals surface area contributed by atoms with Crippen LogP contribution in [0.2, 0.25) is 0 Å². The van der Waals surface area contributed by atoms with Gasteiger partial charge in [-0.05, 0) is 61.1 Å². The van der Waals surface area contributed by atoms with Crippen molar-refractivity contribution in [2.24, 2.45) is 40.7 Å². The molecule has 0 saturated carbocycles. The number of hydrogen-bond acceptors (Lipinski definition) is 12. The van der Waals surface area contributed by atoms with Gasteiger partial charge in [0, 0.05) is 37.9 Å². The number of ether oxygens (including phenoxy) is 8. The average molecular weight is 765 g/mol. The van der Waals surface area contributed by atoms with Gasteiger partial charge in [-0.3, -0.25) is 19.3 Å². The largest absolute Gasteiger partial charge is 0.493 e. The fraction of sp³-hybridized carbons (Fsp3) is 0.750. The Morgan fingerprint density at radius 1 is 0.926 bits per heavy atom. The molecule has 0 spiro atoms. The van der Waals surface area contributed by atoms with E-state index in [9.17, 15) is 19.2 Å². The standard InChI is InChI=1S/C40H64N2O12/c1-26(2)29(18-28-10-11-34(48-8)36(19-28)51-15-9-14-47-7)20-32-35(21-31(27(3)4)33(43)12-13-40(5,6)38(41)45)54-24-42(32)39(46)53-17-16-52-37(44)30-22-49-25-50-23-30/h10-11,19,26-27,29-32,35H,9,12-18,20-25H2,1-8H3,(H2,41,45)/t29-,31-,32-,35-/m0/s1. The summed E-state index contributed by atoms with van der Waals surface area (Å²) in [5.74, 6) is -0.142. The average Bonchev–Trinajstić information content (AvgIpc) is 3.54. The maximum absolute atomic E-state index is 13.7. The van der Waals surface area contributed by atoms with E-state index in [0.717, 1.165) is 12.0 Å². The lowest BCUT2D eigenvalue weighted by Gasteiger charge is -2.33. The number of benzene rings is 1. The first kappa shape index (κ1) is 44.9. The van der Waals surface area contributed by atoms with Gasteiger partial charge in [0.1, 0.15) is 38.4 Å². The van der Waals surface area contributed by atoms with Crippen molar-refractivity contribution in [3.63, 3.8) is 0 Å². The van der Waals surface area contributed by atoms with Gasteiger partial charge in [-0.25, -0.2) is 4.79 Å². The predicted molar refractivity (Wildman–Crippen MR) is 200 cm³/mol. The van der Waals surface area contributed by atoms with E-state index >= 15 is 0 Å². The molecule has 1 aromatic carbocycles. The van der Waals surface area contributed by atoms with Crippen molar-refractivity contribution in [3.8, 4) is 11.5 Å². The highest BCUT2D eigenvalue weighted by Gasteiger charge is 2.43. The Morgan fingerprint density at radius 3 is 2.26 bits per heavy atom. The minimum atomic E-state index is -0.808. The van der Waals surface area contributed by atoms with E-state index in [4.69, 9.17) is 43.6 Å². The minimum Gasteiger partial charge on any atom is -0.493 e. The molecule has 2 amide bonds. The van der Waals surface area contributed by atoms with Gasteiger partial charge in [0.25, 0.3) is 0 Å². The zero-order chi connectivity index (χ0) is 39.8. The van der Waals surface area contributed by atoms with Crippen LogP contribution in [0.5, 0.6) is 11.5 Å². The molecule has 2 saturated heterocycles. The minimum absolute atomic E-state index is 0.00315. The Bertz CT molecular complexity index is 1350. The molecule has 0 radical (unpaired) electrons. The molecule has 0 unspecified atom stereocenters. The summed E-state index contributed by atoms with van der Waals surface area (Å²) in [6.07, 6.45) is 1.94. The van der Waals surface area contributed by atoms with Crippen molar-refractivity contribution in [1.82, 2.24) is 4.90 Å². The lowest BCUT2D eigenvalue weighted by Crippen LogP contribution is -2.43. The van der Waals surface area contributed by atoms with Crippen LogP contribution in [-0.4, -0.2) is 108 Å². The highest BCUT2D eigenvalue weighted by atomic mass is 16.7. The SMILES string of the molecule is COCCCOc1cc(C[C@@H](C[C@H]2[C@H](C[C@H](C(=O)CCC(C)(C)C(N)=O)C(C)C)OCN2C(=O)OCCOC(=O)C2COCOC2)C(C)C)ccc1OC. The van der Waals surface area contributed by atoms with Gasteiger partial charge in [-0.1, -0.05) is 47.6 Å². The molecular formula is C40H64N2O12. The van der Waals surface area contributed by atoms with Crippen LogP contribution in [0.4, 0.5) is 4.79 Å². The van der Waals surface area contributed by atoms with Crippen molar-refractivity contribution in [3.05, 3.63) is 23.8 Å². The maximum atomic E-state index is 13.7. The zero-order valence-corrected chi connectivity index (χ0v) is 33.6. The maximum Gasteiger partial charge on any atom is 0.412 e. The van der Waals surface area contributed by atoms with E-state index in [-0.39, 0.29) is 75.8 Å². The molecule has 0 aromatic heterocycles. The van der Waals surface area contributed by atoms with Gasteiger partial charge in [-0.2, -0.15) is 0 Å². The molecule has 14 nitrogen and oxygen atoms in total. The monoisotopic (exact) mass is 764 g/mol. The Balaban J connectivity index is 1.79. The number of primary amides is 1. The number of nitrogens with zero attached hydrogens (tertiary/aromatic N) is 1. The number of ketones is 1. The molecule has 2 N–H and O–H groups in total. The van der Waals surface area contributed by atoms with Crippen molar-refractivity contribution >= 4 is 23.8 Å². The van der Waals surface area contributed by atoms with Gasteiger partial charge in [0.15, 0.2) is 11.5 Å². The van der Waals surface area contributed by atoms with E-state index in [1.54, 1.807) is 33.0 Å². The normalized spacial score (nSPS) is 19.1. The zero-order valence-electron chi connectivity index (χ0n) is 33.6. The third-order valence-corrected chi connectivity index (χ3v) is 10.5. The van der Waals surface area contributed by atoms with Crippen LogP contribution in [0.3, 0.4) is 0 Å². The Hall–Kier alpha value is -3.46. The first-order valence-electron chi connectivity index (χ1n) is 19.2. The molecular weight excluding hydrogens is 700 g/mol. The van der Waals surface area contributed by atoms with Crippen LogP contribution >= 0.6 is 0 Å². The van der Waals surface area contributed by atoms with Crippen LogP contribution in [0.25, 0.3) is 0 Å². The summed E-state index contributed by atoms with van der Waals surface area (Å²) in [5.41, 5.74) is 5.84. The smallest absolute Gasteiger partial charge is 0.412 e. The molecule has 14 heteroatoms. The lowest BCUT2D eigenvalue weighted by molar-refractivity contribution is -0.172. The summed E-state index contributed by atoms with van der Waals surface area (Å²) in [6.45, 7) is 13.2. The number of nitrogens with two attached hydrogens (primary N) is 1. The third kappa shape index (κ3) is 13.7. The number of rotatable bonds is 23. The van der Waals surface area contributed by atoms with Gasteiger partial charge in [0.05, 0.1) is 39.1 Å². The van der Waals surface area contributed by atoms with Gasteiger partial charge < -0.3 is 43.6 Å². The predicted octanol–water partition coefficient (Wildman–Crippen LogP) is 5.17. The first-order chi connectivity index (χ1) is 25.7. The first-order valence-corrected chi connectivity index (χ1v) is 19.2. The number of carbonyl (C=O) groups is 4. The summed E-state index contributed by atoms with van der Waals surface area (Å²) < 4.78 is 44.4.